The monoisotopic (exact) mass is 399 g/mol. The molecule has 0 saturated heterocycles. The minimum Gasteiger partial charge on any atom is -0.302 e. The second kappa shape index (κ2) is 9.75. The lowest BCUT2D eigenvalue weighted by Crippen LogP contribution is -2.35. The van der Waals surface area contributed by atoms with Crippen molar-refractivity contribution in [2.75, 3.05) is 19.6 Å². The van der Waals surface area contributed by atoms with E-state index in [4.69, 9.17) is 0 Å². The summed E-state index contributed by atoms with van der Waals surface area (Å²) < 4.78 is 1.95. The molecule has 1 aliphatic rings. The molecule has 0 saturated carbocycles. The number of rotatable bonds is 8. The summed E-state index contributed by atoms with van der Waals surface area (Å²) in [5, 5.41) is 0.958. The molecule has 4 nitrogen and oxygen atoms in total. The molecule has 1 heterocycles. The lowest BCUT2D eigenvalue weighted by Gasteiger charge is -2.25. The van der Waals surface area contributed by atoms with Crippen molar-refractivity contribution in [2.24, 2.45) is 0 Å². The van der Waals surface area contributed by atoms with Crippen LogP contribution in [0.4, 0.5) is 0 Å². The zero-order valence-corrected chi connectivity index (χ0v) is 18.6. The van der Waals surface area contributed by atoms with E-state index in [0.717, 1.165) is 49.8 Å². The summed E-state index contributed by atoms with van der Waals surface area (Å²) >= 11 is 1.73. The maximum absolute atomic E-state index is 12.9. The quantitative estimate of drug-likeness (QED) is 0.488. The summed E-state index contributed by atoms with van der Waals surface area (Å²) in [7, 11) is 0. The number of aromatic nitrogens is 2. The third-order valence-corrected chi connectivity index (χ3v) is 6.92. The predicted octanol–water partition coefficient (Wildman–Crippen LogP) is 4.37. The van der Waals surface area contributed by atoms with Crippen LogP contribution < -0.4 is 5.69 Å². The minimum atomic E-state index is -0.0729. The number of thioether (sulfide) groups is 1. The van der Waals surface area contributed by atoms with Crippen LogP contribution in [0.5, 0.6) is 0 Å². The maximum Gasteiger partial charge on any atom is 0.348 e. The summed E-state index contributed by atoms with van der Waals surface area (Å²) in [4.78, 5) is 19.8. The van der Waals surface area contributed by atoms with E-state index in [1.807, 2.05) is 4.57 Å². The van der Waals surface area contributed by atoms with E-state index in [9.17, 15) is 4.79 Å². The molecular formula is C23H33N3OS. The second-order valence-corrected chi connectivity index (χ2v) is 8.69. The van der Waals surface area contributed by atoms with Gasteiger partial charge >= 0.3 is 5.69 Å². The van der Waals surface area contributed by atoms with Crippen molar-refractivity contribution in [2.45, 2.75) is 70.7 Å². The highest BCUT2D eigenvalue weighted by Crippen LogP contribution is 2.31. The van der Waals surface area contributed by atoms with Gasteiger partial charge in [0.2, 0.25) is 0 Å². The van der Waals surface area contributed by atoms with Gasteiger partial charge in [0, 0.05) is 30.1 Å². The van der Waals surface area contributed by atoms with Gasteiger partial charge in [-0.2, -0.15) is 4.98 Å². The fourth-order valence-corrected chi connectivity index (χ4v) is 5.12. The fourth-order valence-electron chi connectivity index (χ4n) is 3.98. The first kappa shape index (κ1) is 21.1. The topological polar surface area (TPSA) is 38.1 Å². The van der Waals surface area contributed by atoms with Gasteiger partial charge in [-0.3, -0.25) is 4.57 Å². The van der Waals surface area contributed by atoms with Crippen molar-refractivity contribution in [3.63, 3.8) is 0 Å². The zero-order chi connectivity index (χ0) is 20.1. The zero-order valence-electron chi connectivity index (χ0n) is 17.8. The molecule has 0 atom stereocenters. The first-order valence-electron chi connectivity index (χ1n) is 10.6. The first-order chi connectivity index (χ1) is 13.5. The van der Waals surface area contributed by atoms with E-state index in [0.29, 0.717) is 0 Å². The molecule has 5 heteroatoms. The second-order valence-electron chi connectivity index (χ2n) is 7.73. The number of nitrogens with zero attached hydrogens (tertiary/aromatic N) is 3. The molecule has 28 heavy (non-hydrogen) atoms. The van der Waals surface area contributed by atoms with Gasteiger partial charge < -0.3 is 4.90 Å². The highest BCUT2D eigenvalue weighted by molar-refractivity contribution is 7.98. The molecule has 0 unspecified atom stereocenters. The van der Waals surface area contributed by atoms with Gasteiger partial charge in [0.05, 0.1) is 0 Å². The number of benzene rings is 1. The van der Waals surface area contributed by atoms with Crippen molar-refractivity contribution < 1.29 is 0 Å². The van der Waals surface area contributed by atoms with Crippen LogP contribution in [0.2, 0.25) is 0 Å². The SMILES string of the molecule is CCN(CC)CCn1c2c(c(SCc3cc(C)ccc3C)nc1=O)CCCC2. The Bertz CT molecular complexity index is 871. The molecule has 3 rings (SSSR count). The summed E-state index contributed by atoms with van der Waals surface area (Å²) in [6.07, 6.45) is 4.41. The van der Waals surface area contributed by atoms with Crippen LogP contribution in [0.1, 0.15) is 54.6 Å². The van der Waals surface area contributed by atoms with Crippen LogP contribution >= 0.6 is 11.8 Å². The normalized spacial score (nSPS) is 13.8. The Labute approximate surface area is 173 Å². The third-order valence-electron chi connectivity index (χ3n) is 5.85. The number of aryl methyl sites for hydroxylation is 2. The molecule has 1 aromatic carbocycles. The molecule has 0 aliphatic heterocycles. The van der Waals surface area contributed by atoms with Gasteiger partial charge in [0.25, 0.3) is 0 Å². The van der Waals surface area contributed by atoms with Gasteiger partial charge in [-0.25, -0.2) is 4.79 Å². The Balaban J connectivity index is 1.85. The molecule has 0 spiro atoms. The number of fused-ring (bicyclic) bond motifs is 1. The molecule has 0 fully saturated rings. The molecule has 0 amide bonds. The standard InChI is InChI=1S/C23H33N3OS/c1-5-25(6-2)13-14-26-21-10-8-7-9-20(21)22(24-23(26)27)28-16-19-15-17(3)11-12-18(19)4/h11-12,15H,5-10,13-14,16H2,1-4H3. The summed E-state index contributed by atoms with van der Waals surface area (Å²) in [5.41, 5.74) is 6.41. The van der Waals surface area contributed by atoms with Gasteiger partial charge in [0.15, 0.2) is 0 Å². The van der Waals surface area contributed by atoms with Crippen LogP contribution in [0, 0.1) is 13.8 Å². The molecule has 0 radical (unpaired) electrons. The van der Waals surface area contributed by atoms with Crippen LogP contribution in [0.3, 0.4) is 0 Å². The fraction of sp³-hybridized carbons (Fsp3) is 0.565. The van der Waals surface area contributed by atoms with Crippen LogP contribution in [0.25, 0.3) is 0 Å². The number of hydrogen-bond acceptors (Lipinski definition) is 4. The summed E-state index contributed by atoms with van der Waals surface area (Å²) in [5.74, 6) is 0.871. The highest BCUT2D eigenvalue weighted by atomic mass is 32.2. The van der Waals surface area contributed by atoms with Crippen LogP contribution in [0.15, 0.2) is 28.0 Å². The Hall–Kier alpha value is -1.59. The predicted molar refractivity (Wildman–Crippen MR) is 118 cm³/mol. The summed E-state index contributed by atoms with van der Waals surface area (Å²) in [6.45, 7) is 12.3. The third kappa shape index (κ3) is 4.87. The van der Waals surface area contributed by atoms with Crippen molar-refractivity contribution in [1.29, 1.82) is 0 Å². The molecule has 1 aromatic heterocycles. The molecule has 0 N–H and O–H groups in total. The molecule has 2 aromatic rings. The number of likely N-dealkylation sites (N-methyl/N-ethyl adjacent to an activating group) is 1. The van der Waals surface area contributed by atoms with Gasteiger partial charge in [0.1, 0.15) is 5.03 Å². The van der Waals surface area contributed by atoms with E-state index >= 15 is 0 Å². The van der Waals surface area contributed by atoms with Crippen molar-refractivity contribution in [1.82, 2.24) is 14.5 Å². The largest absolute Gasteiger partial charge is 0.348 e. The molecular weight excluding hydrogens is 366 g/mol. The highest BCUT2D eigenvalue weighted by Gasteiger charge is 2.21. The molecule has 152 valence electrons. The van der Waals surface area contributed by atoms with Crippen LogP contribution in [-0.4, -0.2) is 34.1 Å². The minimum absolute atomic E-state index is 0.0729. The lowest BCUT2D eigenvalue weighted by atomic mass is 9.97. The Morgan fingerprint density at radius 3 is 2.64 bits per heavy atom. The van der Waals surface area contributed by atoms with E-state index in [1.165, 1.54) is 40.8 Å². The van der Waals surface area contributed by atoms with Crippen LogP contribution in [-0.2, 0) is 25.1 Å². The van der Waals surface area contributed by atoms with Crippen molar-refractivity contribution >= 4 is 11.8 Å². The Morgan fingerprint density at radius 2 is 1.89 bits per heavy atom. The van der Waals surface area contributed by atoms with E-state index in [1.54, 1.807) is 11.8 Å². The average Bonchev–Trinajstić information content (AvgIpc) is 2.70. The lowest BCUT2D eigenvalue weighted by molar-refractivity contribution is 0.285. The molecule has 1 aliphatic carbocycles. The van der Waals surface area contributed by atoms with E-state index in [-0.39, 0.29) is 5.69 Å². The number of hydrogen-bond donors (Lipinski definition) is 0. The van der Waals surface area contributed by atoms with Crippen molar-refractivity contribution in [3.05, 3.63) is 56.6 Å². The first-order valence-corrected chi connectivity index (χ1v) is 11.6. The Kier molecular flexibility index (Phi) is 7.36. The van der Waals surface area contributed by atoms with Crippen molar-refractivity contribution in [3.8, 4) is 0 Å². The smallest absolute Gasteiger partial charge is 0.302 e. The van der Waals surface area contributed by atoms with Gasteiger partial charge in [-0.15, -0.1) is 11.8 Å². The van der Waals surface area contributed by atoms with Gasteiger partial charge in [-0.05, 0) is 63.7 Å². The Morgan fingerprint density at radius 1 is 1.14 bits per heavy atom. The average molecular weight is 400 g/mol. The van der Waals surface area contributed by atoms with Gasteiger partial charge in [-0.1, -0.05) is 37.6 Å². The van der Waals surface area contributed by atoms with E-state index < -0.39 is 0 Å². The molecule has 0 bridgehead atoms. The summed E-state index contributed by atoms with van der Waals surface area (Å²) in [6, 6.07) is 6.58. The van der Waals surface area contributed by atoms with E-state index in [2.05, 4.69) is 55.8 Å². The maximum atomic E-state index is 12.9.